The lowest BCUT2D eigenvalue weighted by atomic mass is 10.1. The van der Waals surface area contributed by atoms with Crippen LogP contribution in [0.25, 0.3) is 33.3 Å². The van der Waals surface area contributed by atoms with Crippen molar-refractivity contribution in [3.8, 4) is 11.3 Å². The highest BCUT2D eigenvalue weighted by molar-refractivity contribution is 7.90. The fourth-order valence-corrected chi connectivity index (χ4v) is 4.25. The molecule has 0 amide bonds. The maximum absolute atomic E-state index is 12.4. The van der Waals surface area contributed by atoms with Crippen LogP contribution >= 0.6 is 0 Å². The van der Waals surface area contributed by atoms with Crippen LogP contribution in [0, 0.1) is 0 Å². The number of oxazole rings is 1. The summed E-state index contributed by atoms with van der Waals surface area (Å²) in [4.78, 5) is 21.6. The van der Waals surface area contributed by atoms with Crippen LogP contribution in [0.5, 0.6) is 0 Å². The lowest BCUT2D eigenvalue weighted by Crippen LogP contribution is -2.16. The number of nitrogens with zero attached hydrogens (tertiary/aromatic N) is 3. The molecule has 8 nitrogen and oxygen atoms in total. The van der Waals surface area contributed by atoms with Gasteiger partial charge in [-0.1, -0.05) is 6.92 Å². The number of rotatable bonds is 5. The molecule has 1 fully saturated rings. The minimum atomic E-state index is -3.28. The third kappa shape index (κ3) is 3.05. The summed E-state index contributed by atoms with van der Waals surface area (Å²) in [6.07, 6.45) is 5.17. The maximum Gasteiger partial charge on any atom is 0.293 e. The molecule has 4 aromatic rings. The van der Waals surface area contributed by atoms with Gasteiger partial charge in [0.1, 0.15) is 11.2 Å². The summed E-state index contributed by atoms with van der Waals surface area (Å²) in [5.74, 6) is 0.789. The van der Waals surface area contributed by atoms with E-state index in [1.165, 1.54) is 10.8 Å². The average molecular weight is 413 g/mol. The largest absolute Gasteiger partial charge is 0.458 e. The molecule has 0 atom stereocenters. The van der Waals surface area contributed by atoms with E-state index < -0.39 is 9.84 Å². The van der Waals surface area contributed by atoms with E-state index in [-0.39, 0.29) is 22.6 Å². The third-order valence-corrected chi connectivity index (χ3v) is 6.84. The highest BCUT2D eigenvalue weighted by Gasteiger charge is 2.30. The Balaban J connectivity index is 1.81. The summed E-state index contributed by atoms with van der Waals surface area (Å²) in [7, 11) is -1.65. The normalized spacial score (nSPS) is 14.8. The third-order valence-electron chi connectivity index (χ3n) is 5.23. The van der Waals surface area contributed by atoms with E-state index in [2.05, 4.69) is 9.97 Å². The van der Waals surface area contributed by atoms with Crippen molar-refractivity contribution >= 4 is 31.9 Å². The number of hydrogen-bond donors (Lipinski definition) is 0. The van der Waals surface area contributed by atoms with Crippen LogP contribution in [0.3, 0.4) is 0 Å². The first kappa shape index (κ1) is 18.1. The van der Waals surface area contributed by atoms with Crippen LogP contribution in [0.2, 0.25) is 0 Å². The van der Waals surface area contributed by atoms with E-state index in [0.29, 0.717) is 45.2 Å². The lowest BCUT2D eigenvalue weighted by Gasteiger charge is -2.08. The molecule has 9 heteroatoms. The Bertz CT molecular complexity index is 1420. The molecule has 150 valence electrons. The molecule has 1 aliphatic rings. The number of hydrogen-bond acceptors (Lipinski definition) is 7. The van der Waals surface area contributed by atoms with Crippen LogP contribution in [0.4, 0.5) is 0 Å². The maximum atomic E-state index is 12.4. The van der Waals surface area contributed by atoms with Gasteiger partial charge in [0, 0.05) is 35.9 Å². The van der Waals surface area contributed by atoms with Gasteiger partial charge in [0.2, 0.25) is 0 Å². The van der Waals surface area contributed by atoms with Gasteiger partial charge in [0.25, 0.3) is 5.56 Å². The molecular weight excluding hydrogens is 394 g/mol. The first-order valence-corrected chi connectivity index (χ1v) is 11.3. The van der Waals surface area contributed by atoms with E-state index >= 15 is 0 Å². The molecule has 0 unspecified atom stereocenters. The van der Waals surface area contributed by atoms with Crippen molar-refractivity contribution in [3.63, 3.8) is 0 Å². The Labute approximate surface area is 166 Å². The molecule has 0 aromatic carbocycles. The Morgan fingerprint density at radius 1 is 1.24 bits per heavy atom. The summed E-state index contributed by atoms with van der Waals surface area (Å²) >= 11 is 0. The Morgan fingerprint density at radius 3 is 2.76 bits per heavy atom. The molecular formula is C20H19N3O5S. The zero-order valence-electron chi connectivity index (χ0n) is 16.0. The van der Waals surface area contributed by atoms with Crippen molar-refractivity contribution in [1.82, 2.24) is 14.5 Å². The van der Waals surface area contributed by atoms with Crippen LogP contribution < -0.4 is 5.56 Å². The second-order valence-corrected chi connectivity index (χ2v) is 9.79. The van der Waals surface area contributed by atoms with Gasteiger partial charge in [-0.2, -0.15) is 0 Å². The topological polar surface area (TPSA) is 108 Å². The number of furan rings is 1. The summed E-state index contributed by atoms with van der Waals surface area (Å²) in [6, 6.07) is 3.38. The average Bonchev–Trinajstić information content (AvgIpc) is 3.25. The van der Waals surface area contributed by atoms with Crippen molar-refractivity contribution in [2.45, 2.75) is 31.4 Å². The van der Waals surface area contributed by atoms with E-state index in [0.717, 1.165) is 12.8 Å². The molecule has 4 aromatic heterocycles. The summed E-state index contributed by atoms with van der Waals surface area (Å²) in [5, 5.41) is 0.599. The first-order valence-electron chi connectivity index (χ1n) is 9.44. The molecule has 1 aliphatic carbocycles. The minimum absolute atomic E-state index is 0.0278. The number of aromatic nitrogens is 3. The number of aryl methyl sites for hydroxylation is 1. The van der Waals surface area contributed by atoms with E-state index in [1.807, 2.05) is 0 Å². The first-order chi connectivity index (χ1) is 13.9. The van der Waals surface area contributed by atoms with Gasteiger partial charge in [0.05, 0.1) is 17.7 Å². The predicted octanol–water partition coefficient (Wildman–Crippen LogP) is 3.15. The van der Waals surface area contributed by atoms with Crippen LogP contribution in [0.1, 0.15) is 37.3 Å². The second-order valence-electron chi connectivity index (χ2n) is 7.44. The molecule has 0 saturated heterocycles. The Morgan fingerprint density at radius 2 is 2.03 bits per heavy atom. The van der Waals surface area contributed by atoms with Gasteiger partial charge in [0.15, 0.2) is 26.9 Å². The monoisotopic (exact) mass is 413 g/mol. The Kier molecular flexibility index (Phi) is 3.92. The number of pyridine rings is 2. The quantitative estimate of drug-likeness (QED) is 0.494. The van der Waals surface area contributed by atoms with Gasteiger partial charge >= 0.3 is 0 Å². The van der Waals surface area contributed by atoms with E-state index in [9.17, 15) is 13.2 Å². The van der Waals surface area contributed by atoms with Gasteiger partial charge in [-0.05, 0) is 25.0 Å². The summed E-state index contributed by atoms with van der Waals surface area (Å²) in [6.45, 7) is 1.61. The zero-order chi connectivity index (χ0) is 20.3. The Hall–Kier alpha value is -2.94. The highest BCUT2D eigenvalue weighted by Crippen LogP contribution is 2.42. The molecule has 5 rings (SSSR count). The molecule has 29 heavy (non-hydrogen) atoms. The summed E-state index contributed by atoms with van der Waals surface area (Å²) in [5.41, 5.74) is 2.52. The molecule has 0 aliphatic heterocycles. The smallest absolute Gasteiger partial charge is 0.293 e. The predicted molar refractivity (Wildman–Crippen MR) is 107 cm³/mol. The zero-order valence-corrected chi connectivity index (χ0v) is 16.8. The SMILES string of the molecule is CCS(=O)(=O)Cc1cc2nc(C3CC3)oc2c(-c2cn(C)c(=O)c3occc23)n1. The van der Waals surface area contributed by atoms with Gasteiger partial charge < -0.3 is 13.4 Å². The standard InChI is InChI=1S/C20H19N3O5S/c1-3-29(25,26)10-12-8-15-18(28-19(22-15)11-4-5-11)16(21-12)14-9-23(2)20(24)17-13(14)6-7-27-17/h6-9,11H,3-5,10H2,1-2H3. The van der Waals surface area contributed by atoms with E-state index in [4.69, 9.17) is 8.83 Å². The van der Waals surface area contributed by atoms with Crippen molar-refractivity contribution in [2.75, 3.05) is 5.75 Å². The fourth-order valence-electron chi connectivity index (χ4n) is 3.45. The van der Waals surface area contributed by atoms with Crippen molar-refractivity contribution in [2.24, 2.45) is 7.05 Å². The van der Waals surface area contributed by atoms with Gasteiger partial charge in [-0.3, -0.25) is 4.79 Å². The second kappa shape index (κ2) is 6.28. The fraction of sp³-hybridized carbons (Fsp3) is 0.350. The lowest BCUT2D eigenvalue weighted by molar-refractivity contribution is 0.533. The van der Waals surface area contributed by atoms with Gasteiger partial charge in [-0.25, -0.2) is 18.4 Å². The molecule has 0 N–H and O–H groups in total. The van der Waals surface area contributed by atoms with Crippen molar-refractivity contribution in [1.29, 1.82) is 0 Å². The number of sulfone groups is 1. The molecule has 1 saturated carbocycles. The van der Waals surface area contributed by atoms with Gasteiger partial charge in [-0.15, -0.1) is 0 Å². The van der Waals surface area contributed by atoms with Crippen molar-refractivity contribution in [3.05, 3.63) is 46.5 Å². The van der Waals surface area contributed by atoms with Crippen LogP contribution in [-0.2, 0) is 22.6 Å². The summed E-state index contributed by atoms with van der Waals surface area (Å²) < 4.78 is 37.2. The molecule has 0 bridgehead atoms. The molecule has 0 radical (unpaired) electrons. The molecule has 4 heterocycles. The highest BCUT2D eigenvalue weighted by atomic mass is 32.2. The molecule has 0 spiro atoms. The van der Waals surface area contributed by atoms with E-state index in [1.54, 1.807) is 32.3 Å². The minimum Gasteiger partial charge on any atom is -0.458 e. The number of fused-ring (bicyclic) bond motifs is 2. The van der Waals surface area contributed by atoms with Crippen LogP contribution in [-0.4, -0.2) is 28.7 Å². The van der Waals surface area contributed by atoms with Crippen molar-refractivity contribution < 1.29 is 17.3 Å². The van der Waals surface area contributed by atoms with Crippen LogP contribution in [0.15, 0.2) is 38.2 Å².